The van der Waals surface area contributed by atoms with Crippen molar-refractivity contribution in [3.63, 3.8) is 0 Å². The lowest BCUT2D eigenvalue weighted by Crippen LogP contribution is -2.41. The molecule has 0 heterocycles. The summed E-state index contributed by atoms with van der Waals surface area (Å²) in [6, 6.07) is 3.44. The third-order valence-corrected chi connectivity index (χ3v) is 4.17. The van der Waals surface area contributed by atoms with E-state index in [1.807, 2.05) is 4.72 Å². The largest absolute Gasteiger partial charge is 0.480 e. The van der Waals surface area contributed by atoms with Gasteiger partial charge in [-0.3, -0.25) is 14.9 Å². The van der Waals surface area contributed by atoms with Crippen LogP contribution in [0, 0.1) is 16.0 Å². The van der Waals surface area contributed by atoms with Gasteiger partial charge in [-0.2, -0.15) is 4.72 Å². The highest BCUT2D eigenvalue weighted by Gasteiger charge is 2.30. The summed E-state index contributed by atoms with van der Waals surface area (Å²) in [5.74, 6) is -1.38. The number of nitro groups is 1. The summed E-state index contributed by atoms with van der Waals surface area (Å²) >= 11 is 0. The molecule has 1 rings (SSSR count). The van der Waals surface area contributed by atoms with Gasteiger partial charge in [0.25, 0.3) is 5.69 Å². The molecule has 1 atom stereocenters. The van der Waals surface area contributed by atoms with E-state index in [4.69, 9.17) is 5.11 Å². The molecule has 0 aliphatic carbocycles. The summed E-state index contributed by atoms with van der Waals surface area (Å²) in [6.45, 7) is 3.49. The summed E-state index contributed by atoms with van der Waals surface area (Å²) in [7, 11) is -4.30. The normalized spacial score (nSPS) is 13.1. The number of para-hydroxylation sites is 1. The summed E-state index contributed by atoms with van der Waals surface area (Å²) in [4.78, 5) is 20.6. The topological polar surface area (TPSA) is 127 Å². The van der Waals surface area contributed by atoms with E-state index in [9.17, 15) is 23.3 Å². The fourth-order valence-corrected chi connectivity index (χ4v) is 3.13. The molecule has 1 aromatic carbocycles. The molecule has 0 aliphatic rings. The van der Waals surface area contributed by atoms with Crippen molar-refractivity contribution in [1.29, 1.82) is 0 Å². The summed E-state index contributed by atoms with van der Waals surface area (Å²) in [6.07, 6.45) is 0.0786. The number of rotatable bonds is 7. The predicted octanol–water partition coefficient (Wildman–Crippen LogP) is 1.37. The molecule has 0 fully saturated rings. The van der Waals surface area contributed by atoms with Crippen LogP contribution in [-0.2, 0) is 14.8 Å². The zero-order chi connectivity index (χ0) is 16.2. The van der Waals surface area contributed by atoms with Gasteiger partial charge in [0.1, 0.15) is 6.04 Å². The van der Waals surface area contributed by atoms with Gasteiger partial charge in [0, 0.05) is 6.07 Å². The van der Waals surface area contributed by atoms with Crippen molar-refractivity contribution >= 4 is 21.7 Å². The first-order chi connectivity index (χ1) is 9.65. The van der Waals surface area contributed by atoms with Crippen LogP contribution < -0.4 is 4.72 Å². The Bertz CT molecular complexity index is 641. The van der Waals surface area contributed by atoms with Crippen LogP contribution in [0.2, 0.25) is 0 Å². The van der Waals surface area contributed by atoms with Gasteiger partial charge in [-0.05, 0) is 18.4 Å². The number of nitrogens with one attached hydrogen (secondary N) is 1. The van der Waals surface area contributed by atoms with E-state index in [0.717, 1.165) is 12.1 Å². The molecule has 0 saturated heterocycles. The molecule has 0 aliphatic heterocycles. The smallest absolute Gasteiger partial charge is 0.321 e. The zero-order valence-corrected chi connectivity index (χ0v) is 12.3. The average Bonchev–Trinajstić information content (AvgIpc) is 2.37. The Hall–Kier alpha value is -2.00. The lowest BCUT2D eigenvalue weighted by molar-refractivity contribution is -0.387. The van der Waals surface area contributed by atoms with E-state index in [1.54, 1.807) is 13.8 Å². The number of nitro benzene ring substituents is 1. The number of carboxylic acid groups (broad SMARTS) is 1. The summed E-state index contributed by atoms with van der Waals surface area (Å²) in [5.41, 5.74) is -0.598. The number of carboxylic acids is 1. The molecular weight excluding hydrogens is 300 g/mol. The number of carbonyl (C=O) groups is 1. The van der Waals surface area contributed by atoms with Gasteiger partial charge in [-0.15, -0.1) is 0 Å². The Morgan fingerprint density at radius 1 is 1.38 bits per heavy atom. The molecule has 8 nitrogen and oxygen atoms in total. The van der Waals surface area contributed by atoms with Crippen LogP contribution >= 0.6 is 0 Å². The Balaban J connectivity index is 3.17. The molecule has 0 radical (unpaired) electrons. The van der Waals surface area contributed by atoms with E-state index in [0.29, 0.717) is 0 Å². The van der Waals surface area contributed by atoms with Crippen LogP contribution in [0.3, 0.4) is 0 Å². The minimum absolute atomic E-state index is 0.0560. The number of hydrogen-bond donors (Lipinski definition) is 2. The molecule has 0 saturated carbocycles. The first-order valence-corrected chi connectivity index (χ1v) is 7.62. The molecule has 1 aromatic rings. The Kier molecular flexibility index (Phi) is 5.39. The van der Waals surface area contributed by atoms with Gasteiger partial charge in [0.05, 0.1) is 4.92 Å². The van der Waals surface area contributed by atoms with Crippen LogP contribution in [0.25, 0.3) is 0 Å². The molecule has 2 N–H and O–H groups in total. The molecule has 116 valence electrons. The van der Waals surface area contributed by atoms with Crippen molar-refractivity contribution in [3.05, 3.63) is 34.4 Å². The van der Waals surface area contributed by atoms with Crippen LogP contribution in [0.5, 0.6) is 0 Å². The molecule has 21 heavy (non-hydrogen) atoms. The number of aliphatic carboxylic acids is 1. The Labute approximate surface area is 122 Å². The third-order valence-electron chi connectivity index (χ3n) is 2.65. The van der Waals surface area contributed by atoms with Crippen molar-refractivity contribution in [3.8, 4) is 0 Å². The number of nitrogens with zero attached hydrogens (tertiary/aromatic N) is 1. The lowest BCUT2D eigenvalue weighted by Gasteiger charge is -2.16. The molecule has 0 unspecified atom stereocenters. The first kappa shape index (κ1) is 17.1. The predicted molar refractivity (Wildman–Crippen MR) is 74.3 cm³/mol. The van der Waals surface area contributed by atoms with E-state index in [-0.39, 0.29) is 12.3 Å². The second-order valence-corrected chi connectivity index (χ2v) is 6.55. The fourth-order valence-electron chi connectivity index (χ4n) is 1.76. The highest BCUT2D eigenvalue weighted by Crippen LogP contribution is 2.23. The SMILES string of the molecule is CC(C)C[C@@H](NS(=O)(=O)c1ccccc1[N+](=O)[O-])C(=O)O. The van der Waals surface area contributed by atoms with Crippen molar-refractivity contribution in [2.24, 2.45) is 5.92 Å². The second kappa shape index (κ2) is 6.64. The Morgan fingerprint density at radius 3 is 2.43 bits per heavy atom. The summed E-state index contributed by atoms with van der Waals surface area (Å²) < 4.78 is 26.4. The van der Waals surface area contributed by atoms with Crippen molar-refractivity contribution in [2.75, 3.05) is 0 Å². The second-order valence-electron chi connectivity index (χ2n) is 4.87. The van der Waals surface area contributed by atoms with E-state index in [2.05, 4.69) is 0 Å². The summed E-state index contributed by atoms with van der Waals surface area (Å²) in [5, 5.41) is 19.9. The quantitative estimate of drug-likeness (QED) is 0.578. The number of sulfonamides is 1. The third kappa shape index (κ3) is 4.50. The van der Waals surface area contributed by atoms with Gasteiger partial charge >= 0.3 is 5.97 Å². The molecule has 0 amide bonds. The fraction of sp³-hybridized carbons (Fsp3) is 0.417. The maximum absolute atomic E-state index is 12.2. The van der Waals surface area contributed by atoms with Gasteiger partial charge in [-0.25, -0.2) is 8.42 Å². The van der Waals surface area contributed by atoms with E-state index < -0.39 is 37.5 Å². The van der Waals surface area contributed by atoms with Gasteiger partial charge < -0.3 is 5.11 Å². The molecular formula is C12H16N2O6S. The van der Waals surface area contributed by atoms with Crippen LogP contribution in [-0.4, -0.2) is 30.5 Å². The van der Waals surface area contributed by atoms with Gasteiger partial charge in [0.15, 0.2) is 4.90 Å². The van der Waals surface area contributed by atoms with Crippen LogP contribution in [0.4, 0.5) is 5.69 Å². The molecule has 9 heteroatoms. The van der Waals surface area contributed by atoms with E-state index >= 15 is 0 Å². The van der Waals surface area contributed by atoms with Crippen molar-refractivity contribution < 1.29 is 23.2 Å². The monoisotopic (exact) mass is 316 g/mol. The first-order valence-electron chi connectivity index (χ1n) is 6.13. The molecule has 0 bridgehead atoms. The van der Waals surface area contributed by atoms with Gasteiger partial charge in [0.2, 0.25) is 10.0 Å². The highest BCUT2D eigenvalue weighted by molar-refractivity contribution is 7.89. The average molecular weight is 316 g/mol. The Morgan fingerprint density at radius 2 is 1.95 bits per heavy atom. The van der Waals surface area contributed by atoms with Crippen molar-refractivity contribution in [2.45, 2.75) is 31.2 Å². The van der Waals surface area contributed by atoms with Gasteiger partial charge in [-0.1, -0.05) is 26.0 Å². The number of benzene rings is 1. The standard InChI is InChI=1S/C12H16N2O6S/c1-8(2)7-9(12(15)16)13-21(19,20)11-6-4-3-5-10(11)14(17)18/h3-6,8-9,13H,7H2,1-2H3,(H,15,16)/t9-/m1/s1. The highest BCUT2D eigenvalue weighted by atomic mass is 32.2. The van der Waals surface area contributed by atoms with Crippen LogP contribution in [0.15, 0.2) is 29.2 Å². The molecule has 0 aromatic heterocycles. The van der Waals surface area contributed by atoms with Crippen molar-refractivity contribution in [1.82, 2.24) is 4.72 Å². The maximum atomic E-state index is 12.2. The maximum Gasteiger partial charge on any atom is 0.321 e. The zero-order valence-electron chi connectivity index (χ0n) is 11.5. The lowest BCUT2D eigenvalue weighted by atomic mass is 10.1. The number of hydrogen-bond acceptors (Lipinski definition) is 5. The minimum atomic E-state index is -4.30. The minimum Gasteiger partial charge on any atom is -0.480 e. The van der Waals surface area contributed by atoms with E-state index in [1.165, 1.54) is 12.1 Å². The van der Waals surface area contributed by atoms with Crippen LogP contribution in [0.1, 0.15) is 20.3 Å². The molecule has 0 spiro atoms.